The predicted molar refractivity (Wildman–Crippen MR) is 101 cm³/mol. The van der Waals surface area contributed by atoms with Crippen molar-refractivity contribution in [3.05, 3.63) is 48.6 Å². The van der Waals surface area contributed by atoms with Gasteiger partial charge in [0.1, 0.15) is 11.5 Å². The third kappa shape index (κ3) is 3.25. The normalized spacial score (nSPS) is 12.8. The molecule has 0 spiro atoms. The van der Waals surface area contributed by atoms with Crippen molar-refractivity contribution in [1.29, 1.82) is 0 Å². The highest BCUT2D eigenvalue weighted by molar-refractivity contribution is 14.1. The van der Waals surface area contributed by atoms with Gasteiger partial charge >= 0.3 is 0 Å². The van der Waals surface area contributed by atoms with Gasteiger partial charge in [-0.1, -0.05) is 12.1 Å². The van der Waals surface area contributed by atoms with E-state index in [1.54, 1.807) is 40.8 Å². The quantitative estimate of drug-likeness (QED) is 0.354. The molecular formula is C16H10I2O5. The minimum atomic E-state index is -0.351. The lowest BCUT2D eigenvalue weighted by Crippen LogP contribution is -1.98. The molecule has 0 unspecified atom stereocenters. The van der Waals surface area contributed by atoms with Gasteiger partial charge in [0, 0.05) is 0 Å². The first-order valence-corrected chi connectivity index (χ1v) is 8.65. The van der Waals surface area contributed by atoms with Gasteiger partial charge in [-0.15, -0.1) is 0 Å². The van der Waals surface area contributed by atoms with Crippen LogP contribution in [-0.4, -0.2) is 22.8 Å². The number of rotatable bonds is 3. The van der Waals surface area contributed by atoms with Crippen molar-refractivity contribution < 1.29 is 24.5 Å². The van der Waals surface area contributed by atoms with Crippen LogP contribution in [0.4, 0.5) is 0 Å². The molecule has 7 heteroatoms. The van der Waals surface area contributed by atoms with Crippen molar-refractivity contribution in [3.63, 3.8) is 0 Å². The number of aromatic hydroxyl groups is 2. The zero-order valence-corrected chi connectivity index (χ0v) is 15.9. The average Bonchev–Trinajstić information content (AvgIpc) is 3.01. The van der Waals surface area contributed by atoms with Gasteiger partial charge in [0.25, 0.3) is 0 Å². The second kappa shape index (κ2) is 6.56. The second-order valence-electron chi connectivity index (χ2n) is 4.73. The number of hydrogen-bond donors (Lipinski definition) is 2. The first-order chi connectivity index (χ1) is 11.0. The van der Waals surface area contributed by atoms with E-state index in [2.05, 4.69) is 0 Å². The fourth-order valence-corrected chi connectivity index (χ4v) is 3.74. The molecule has 0 atom stereocenters. The summed E-state index contributed by atoms with van der Waals surface area (Å²) in [7, 11) is 0. The standard InChI is InChI=1S/C16H10I2O5/c17-10-6-9(15(20)14(18)16(10)21)11(19)3-1-8-2-4-12-13(5-8)23-7-22-12/h1-6,20-21H,7H2/b3-1+. The molecule has 2 N–H and O–H groups in total. The number of ether oxygens (including phenoxy) is 2. The van der Waals surface area contributed by atoms with Crippen LogP contribution in [0.1, 0.15) is 15.9 Å². The SMILES string of the molecule is O=C(/C=C/c1ccc2c(c1)OCO2)c1cc(I)c(O)c(I)c1O. The van der Waals surface area contributed by atoms with E-state index in [-0.39, 0.29) is 33.2 Å². The fraction of sp³-hybridized carbons (Fsp3) is 0.0625. The summed E-state index contributed by atoms with van der Waals surface area (Å²) in [4.78, 5) is 12.3. The summed E-state index contributed by atoms with van der Waals surface area (Å²) in [5.74, 6) is 0.713. The Bertz CT molecular complexity index is 830. The molecule has 5 nitrogen and oxygen atoms in total. The number of fused-ring (bicyclic) bond motifs is 1. The van der Waals surface area contributed by atoms with Crippen molar-refractivity contribution in [3.8, 4) is 23.0 Å². The van der Waals surface area contributed by atoms with Crippen LogP contribution in [0.3, 0.4) is 0 Å². The Morgan fingerprint density at radius 2 is 1.83 bits per heavy atom. The fourth-order valence-electron chi connectivity index (χ4n) is 2.06. The molecule has 1 aliphatic heterocycles. The van der Waals surface area contributed by atoms with Crippen LogP contribution in [0.25, 0.3) is 6.08 Å². The second-order valence-corrected chi connectivity index (χ2v) is 6.97. The number of hydrogen-bond acceptors (Lipinski definition) is 5. The highest BCUT2D eigenvalue weighted by Crippen LogP contribution is 2.36. The monoisotopic (exact) mass is 536 g/mol. The van der Waals surface area contributed by atoms with E-state index >= 15 is 0 Å². The summed E-state index contributed by atoms with van der Waals surface area (Å²) in [5.41, 5.74) is 0.929. The minimum Gasteiger partial charge on any atom is -0.506 e. The summed E-state index contributed by atoms with van der Waals surface area (Å²) in [6.07, 6.45) is 3.01. The molecular weight excluding hydrogens is 526 g/mol. The Hall–Kier alpha value is -1.49. The van der Waals surface area contributed by atoms with Gasteiger partial charge in [-0.25, -0.2) is 0 Å². The van der Waals surface area contributed by atoms with E-state index in [9.17, 15) is 15.0 Å². The topological polar surface area (TPSA) is 76.0 Å². The Morgan fingerprint density at radius 1 is 1.09 bits per heavy atom. The van der Waals surface area contributed by atoms with E-state index in [4.69, 9.17) is 9.47 Å². The number of ketones is 1. The van der Waals surface area contributed by atoms with Gasteiger partial charge < -0.3 is 19.7 Å². The molecule has 23 heavy (non-hydrogen) atoms. The van der Waals surface area contributed by atoms with Gasteiger partial charge in [0.05, 0.1) is 12.7 Å². The Balaban J connectivity index is 1.87. The molecule has 2 aromatic rings. The smallest absolute Gasteiger partial charge is 0.231 e. The first-order valence-electron chi connectivity index (χ1n) is 6.49. The lowest BCUT2D eigenvalue weighted by atomic mass is 10.1. The van der Waals surface area contributed by atoms with Crippen molar-refractivity contribution in [2.45, 2.75) is 0 Å². The number of halogens is 2. The molecule has 2 aromatic carbocycles. The molecule has 1 heterocycles. The highest BCUT2D eigenvalue weighted by atomic mass is 127. The van der Waals surface area contributed by atoms with Crippen molar-refractivity contribution in [2.75, 3.05) is 6.79 Å². The maximum Gasteiger partial charge on any atom is 0.231 e. The van der Waals surface area contributed by atoms with Crippen LogP contribution in [0.5, 0.6) is 23.0 Å². The Morgan fingerprint density at radius 3 is 2.61 bits per heavy atom. The van der Waals surface area contributed by atoms with Crippen LogP contribution in [-0.2, 0) is 0 Å². The molecule has 0 amide bonds. The summed E-state index contributed by atoms with van der Waals surface area (Å²) in [5, 5.41) is 19.8. The number of benzene rings is 2. The Labute approximate surface area is 159 Å². The van der Waals surface area contributed by atoms with Gasteiger partial charge in [0.15, 0.2) is 17.3 Å². The number of phenols is 2. The van der Waals surface area contributed by atoms with E-state index in [0.717, 1.165) is 5.56 Å². The molecule has 0 aromatic heterocycles. The number of phenolic OH excluding ortho intramolecular Hbond substituents is 2. The molecule has 0 saturated carbocycles. The van der Waals surface area contributed by atoms with Gasteiger partial charge in [-0.05, 0) is 75.0 Å². The van der Waals surface area contributed by atoms with Crippen molar-refractivity contribution in [2.24, 2.45) is 0 Å². The molecule has 0 radical (unpaired) electrons. The Kier molecular flexibility index (Phi) is 4.67. The summed E-state index contributed by atoms with van der Waals surface area (Å²) >= 11 is 3.71. The first kappa shape index (κ1) is 16.4. The average molecular weight is 536 g/mol. The maximum atomic E-state index is 12.3. The lowest BCUT2D eigenvalue weighted by Gasteiger charge is -2.07. The van der Waals surface area contributed by atoms with E-state index in [1.807, 2.05) is 28.7 Å². The molecule has 0 fully saturated rings. The summed E-state index contributed by atoms with van der Waals surface area (Å²) < 4.78 is 11.3. The van der Waals surface area contributed by atoms with Crippen LogP contribution in [0, 0.1) is 7.14 Å². The van der Waals surface area contributed by atoms with Crippen LogP contribution < -0.4 is 9.47 Å². The van der Waals surface area contributed by atoms with Crippen LogP contribution in [0.15, 0.2) is 30.3 Å². The lowest BCUT2D eigenvalue weighted by molar-refractivity contribution is 0.104. The summed E-state index contributed by atoms with van der Waals surface area (Å²) in [6.45, 7) is 0.194. The molecule has 1 aliphatic rings. The van der Waals surface area contributed by atoms with Crippen molar-refractivity contribution in [1.82, 2.24) is 0 Å². The van der Waals surface area contributed by atoms with Crippen LogP contribution >= 0.6 is 45.2 Å². The summed E-state index contributed by atoms with van der Waals surface area (Å²) in [6, 6.07) is 6.81. The number of carbonyl (C=O) groups is 1. The molecule has 118 valence electrons. The van der Waals surface area contributed by atoms with E-state index in [0.29, 0.717) is 15.1 Å². The van der Waals surface area contributed by atoms with Gasteiger partial charge in [-0.3, -0.25) is 4.79 Å². The minimum absolute atomic E-state index is 0.0278. The zero-order valence-electron chi connectivity index (χ0n) is 11.5. The number of carbonyl (C=O) groups excluding carboxylic acids is 1. The molecule has 0 saturated heterocycles. The number of allylic oxidation sites excluding steroid dienone is 1. The van der Waals surface area contributed by atoms with E-state index < -0.39 is 0 Å². The largest absolute Gasteiger partial charge is 0.506 e. The van der Waals surface area contributed by atoms with Crippen LogP contribution in [0.2, 0.25) is 0 Å². The van der Waals surface area contributed by atoms with Gasteiger partial charge in [0.2, 0.25) is 6.79 Å². The molecule has 0 aliphatic carbocycles. The third-order valence-corrected chi connectivity index (χ3v) is 5.10. The molecule has 0 bridgehead atoms. The third-order valence-electron chi connectivity index (χ3n) is 3.26. The zero-order chi connectivity index (χ0) is 16.6. The maximum absolute atomic E-state index is 12.3. The highest BCUT2D eigenvalue weighted by Gasteiger charge is 2.18. The molecule has 3 rings (SSSR count). The predicted octanol–water partition coefficient (Wildman–Crippen LogP) is 3.93. The van der Waals surface area contributed by atoms with Crippen molar-refractivity contribution >= 4 is 57.0 Å². The van der Waals surface area contributed by atoms with Gasteiger partial charge in [-0.2, -0.15) is 0 Å². The van der Waals surface area contributed by atoms with E-state index in [1.165, 1.54) is 12.1 Å².